The lowest BCUT2D eigenvalue weighted by Gasteiger charge is -2.27. The Morgan fingerprint density at radius 3 is 1.49 bits per heavy atom. The van der Waals surface area contributed by atoms with Crippen LogP contribution in [0.1, 0.15) is 68.7 Å². The van der Waals surface area contributed by atoms with E-state index in [2.05, 4.69) is 10.2 Å². The van der Waals surface area contributed by atoms with E-state index in [1.807, 2.05) is 74.2 Å². The second kappa shape index (κ2) is 19.6. The van der Waals surface area contributed by atoms with Gasteiger partial charge in [-0.15, -0.1) is 0 Å². The zero-order chi connectivity index (χ0) is 34.2. The van der Waals surface area contributed by atoms with E-state index >= 15 is 0 Å². The Bertz CT molecular complexity index is 1230. The Labute approximate surface area is 279 Å². The number of benzene rings is 2. The minimum Gasteiger partial charge on any atom is -0.444 e. The molecule has 0 radical (unpaired) electrons. The van der Waals surface area contributed by atoms with E-state index < -0.39 is 24.0 Å². The van der Waals surface area contributed by atoms with E-state index in [1.54, 1.807) is 0 Å². The van der Waals surface area contributed by atoms with E-state index in [0.29, 0.717) is 97.3 Å². The van der Waals surface area contributed by atoms with Crippen molar-refractivity contribution in [2.45, 2.75) is 90.1 Å². The third kappa shape index (κ3) is 16.0. The number of nitrogens with zero attached hydrogens (tertiary/aromatic N) is 2. The molecule has 0 aliphatic carbocycles. The molecule has 2 fully saturated rings. The van der Waals surface area contributed by atoms with Crippen LogP contribution in [0.2, 0.25) is 0 Å². The van der Waals surface area contributed by atoms with Gasteiger partial charge < -0.3 is 15.8 Å². The summed E-state index contributed by atoms with van der Waals surface area (Å²) in [6.45, 7) is 10.2. The Morgan fingerprint density at radius 1 is 0.723 bits per heavy atom. The van der Waals surface area contributed by atoms with Gasteiger partial charge in [0.25, 0.3) is 0 Å². The van der Waals surface area contributed by atoms with Crippen molar-refractivity contribution in [1.29, 1.82) is 0 Å². The highest BCUT2D eigenvalue weighted by atomic mass is 19.1. The van der Waals surface area contributed by atoms with Gasteiger partial charge in [0.1, 0.15) is 17.9 Å². The topological polar surface area (TPSA) is 105 Å². The molecule has 2 aliphatic heterocycles. The summed E-state index contributed by atoms with van der Waals surface area (Å²) in [5.74, 6) is 0.362. The van der Waals surface area contributed by atoms with Gasteiger partial charge in [-0.3, -0.25) is 19.4 Å². The molecule has 10 heteroatoms. The molecule has 0 aromatic heterocycles. The SMILES string of the molecule is CC(C)(C)OC(=O)NCCc1ccc(CC(=O)CN2CCC(F)CC2)cc1.NCCc1ccc(CC(=O)CN2CCC(F)CC2)cc1. The fourth-order valence-electron chi connectivity index (χ4n) is 5.62. The third-order valence-electron chi connectivity index (χ3n) is 8.20. The zero-order valence-electron chi connectivity index (χ0n) is 28.4. The van der Waals surface area contributed by atoms with Crippen molar-refractivity contribution < 1.29 is 27.9 Å². The molecule has 0 unspecified atom stereocenters. The minimum absolute atomic E-state index is 0.159. The van der Waals surface area contributed by atoms with Gasteiger partial charge in [0, 0.05) is 45.6 Å². The molecule has 0 spiro atoms. The van der Waals surface area contributed by atoms with Crippen molar-refractivity contribution in [1.82, 2.24) is 15.1 Å². The number of Topliss-reactive ketones (excluding diaryl/α,β-unsaturated/α-hetero) is 2. The second-order valence-corrected chi connectivity index (χ2v) is 13.7. The number of hydrogen-bond acceptors (Lipinski definition) is 7. The molecule has 2 aromatic rings. The highest BCUT2D eigenvalue weighted by Crippen LogP contribution is 2.15. The number of carbonyl (C=O) groups excluding carboxylic acids is 3. The summed E-state index contributed by atoms with van der Waals surface area (Å²) in [7, 11) is 0. The lowest BCUT2D eigenvalue weighted by Crippen LogP contribution is -2.38. The van der Waals surface area contributed by atoms with Gasteiger partial charge in [0.05, 0.1) is 13.1 Å². The summed E-state index contributed by atoms with van der Waals surface area (Å²) in [5, 5.41) is 2.74. The number of hydrogen-bond donors (Lipinski definition) is 2. The molecular formula is C37H54F2N4O4. The molecule has 2 saturated heterocycles. The molecule has 260 valence electrons. The first-order valence-corrected chi connectivity index (χ1v) is 17.0. The van der Waals surface area contributed by atoms with E-state index in [9.17, 15) is 23.2 Å². The van der Waals surface area contributed by atoms with Crippen LogP contribution in [0.5, 0.6) is 0 Å². The number of rotatable bonds is 13. The van der Waals surface area contributed by atoms with Gasteiger partial charge in [-0.1, -0.05) is 48.5 Å². The predicted octanol–water partition coefficient (Wildman–Crippen LogP) is 5.03. The van der Waals surface area contributed by atoms with Crippen molar-refractivity contribution in [2.24, 2.45) is 5.73 Å². The largest absolute Gasteiger partial charge is 0.444 e. The average molecular weight is 657 g/mol. The average Bonchev–Trinajstić information content (AvgIpc) is 3.01. The van der Waals surface area contributed by atoms with Crippen LogP contribution in [0.3, 0.4) is 0 Å². The number of likely N-dealkylation sites (tertiary alicyclic amines) is 2. The highest BCUT2D eigenvalue weighted by Gasteiger charge is 2.21. The Balaban J connectivity index is 0.000000267. The first kappa shape index (κ1) is 38.2. The summed E-state index contributed by atoms with van der Waals surface area (Å²) in [6.07, 6.45) is 2.77. The van der Waals surface area contributed by atoms with Gasteiger partial charge >= 0.3 is 6.09 Å². The number of ether oxygens (including phenoxy) is 1. The summed E-state index contributed by atoms with van der Waals surface area (Å²) >= 11 is 0. The fourth-order valence-corrected chi connectivity index (χ4v) is 5.62. The maximum Gasteiger partial charge on any atom is 0.407 e. The smallest absolute Gasteiger partial charge is 0.407 e. The second-order valence-electron chi connectivity index (χ2n) is 13.7. The minimum atomic E-state index is -0.714. The molecule has 2 aromatic carbocycles. The summed E-state index contributed by atoms with van der Waals surface area (Å²) in [6, 6.07) is 15.9. The molecule has 8 nitrogen and oxygen atoms in total. The number of piperidine rings is 2. The van der Waals surface area contributed by atoms with Crippen molar-refractivity contribution in [3.05, 3.63) is 70.8 Å². The number of alkyl halides is 2. The predicted molar refractivity (Wildman–Crippen MR) is 182 cm³/mol. The molecule has 3 N–H and O–H groups in total. The Hall–Kier alpha value is -3.21. The number of halogens is 2. The first-order valence-electron chi connectivity index (χ1n) is 17.0. The van der Waals surface area contributed by atoms with Crippen LogP contribution in [-0.2, 0) is 40.0 Å². The van der Waals surface area contributed by atoms with Crippen LogP contribution in [-0.4, -0.2) is 97.8 Å². The molecule has 4 rings (SSSR count). The first-order chi connectivity index (χ1) is 22.4. The fraction of sp³-hybridized carbons (Fsp3) is 0.595. The molecule has 0 saturated carbocycles. The van der Waals surface area contributed by atoms with Crippen molar-refractivity contribution in [3.63, 3.8) is 0 Å². The maximum absolute atomic E-state index is 13.1. The number of amides is 1. The Kier molecular flexibility index (Phi) is 15.9. The normalized spacial score (nSPS) is 16.6. The summed E-state index contributed by atoms with van der Waals surface area (Å²) in [4.78, 5) is 39.9. The highest BCUT2D eigenvalue weighted by molar-refractivity contribution is 5.83. The van der Waals surface area contributed by atoms with Gasteiger partial charge in [0.2, 0.25) is 0 Å². The van der Waals surface area contributed by atoms with Crippen molar-refractivity contribution in [2.75, 3.05) is 52.4 Å². The lowest BCUT2D eigenvalue weighted by molar-refractivity contribution is -0.120. The third-order valence-corrected chi connectivity index (χ3v) is 8.20. The van der Waals surface area contributed by atoms with Gasteiger partial charge in [-0.05, 0) is 88.1 Å². The van der Waals surface area contributed by atoms with Crippen molar-refractivity contribution in [3.8, 4) is 0 Å². The standard InChI is InChI=1S/C21H31FN2O3.C16H23FN2O/c1-21(2,3)27-20(26)23-11-8-16-4-6-17(7-5-16)14-19(25)15-24-12-9-18(22)10-13-24;17-15-6-9-19(10-7-15)12-16(20)11-14-3-1-13(2-4-14)5-8-18/h4-7,18H,8-15H2,1-3H3,(H,23,26);1-4,15H,5-12,18H2. The number of alkyl carbamates (subject to hydrolysis) is 1. The summed E-state index contributed by atoms with van der Waals surface area (Å²) in [5.41, 5.74) is 9.31. The molecule has 47 heavy (non-hydrogen) atoms. The molecule has 0 atom stereocenters. The van der Waals surface area contributed by atoms with Crippen LogP contribution in [0.4, 0.5) is 13.6 Å². The van der Waals surface area contributed by atoms with E-state index in [4.69, 9.17) is 10.5 Å². The van der Waals surface area contributed by atoms with E-state index in [-0.39, 0.29) is 11.6 Å². The molecule has 2 aliphatic rings. The van der Waals surface area contributed by atoms with Gasteiger partial charge in [-0.2, -0.15) is 0 Å². The van der Waals surface area contributed by atoms with Crippen LogP contribution < -0.4 is 11.1 Å². The molecular weight excluding hydrogens is 602 g/mol. The molecule has 1 amide bonds. The summed E-state index contributed by atoms with van der Waals surface area (Å²) < 4.78 is 31.4. The van der Waals surface area contributed by atoms with E-state index in [1.165, 1.54) is 5.56 Å². The number of ketones is 2. The Morgan fingerprint density at radius 2 is 1.11 bits per heavy atom. The van der Waals surface area contributed by atoms with Crippen LogP contribution in [0, 0.1) is 0 Å². The quantitative estimate of drug-likeness (QED) is 0.312. The van der Waals surface area contributed by atoms with Gasteiger partial charge in [-0.25, -0.2) is 13.6 Å². The van der Waals surface area contributed by atoms with Crippen LogP contribution >= 0.6 is 0 Å². The number of nitrogens with two attached hydrogens (primary N) is 1. The number of nitrogens with one attached hydrogen (secondary N) is 1. The monoisotopic (exact) mass is 656 g/mol. The zero-order valence-corrected chi connectivity index (χ0v) is 28.4. The molecule has 2 heterocycles. The lowest BCUT2D eigenvalue weighted by atomic mass is 10.0. The van der Waals surface area contributed by atoms with Crippen LogP contribution in [0.25, 0.3) is 0 Å². The van der Waals surface area contributed by atoms with Crippen molar-refractivity contribution >= 4 is 17.7 Å². The van der Waals surface area contributed by atoms with Crippen LogP contribution in [0.15, 0.2) is 48.5 Å². The molecule has 0 bridgehead atoms. The maximum atomic E-state index is 13.1. The number of carbonyl (C=O) groups is 3. The van der Waals surface area contributed by atoms with Gasteiger partial charge in [0.15, 0.2) is 11.6 Å². The van der Waals surface area contributed by atoms with E-state index in [0.717, 1.165) is 23.1 Å².